The molecule has 0 atom stereocenters. The van der Waals surface area contributed by atoms with E-state index in [2.05, 4.69) is 5.32 Å². The lowest BCUT2D eigenvalue weighted by atomic mass is 10.1. The summed E-state index contributed by atoms with van der Waals surface area (Å²) in [6, 6.07) is 4.51. The highest BCUT2D eigenvalue weighted by Crippen LogP contribution is 2.24. The summed E-state index contributed by atoms with van der Waals surface area (Å²) in [6.07, 6.45) is -4.31. The minimum Gasteiger partial charge on any atom is -0.497 e. The molecular weight excluding hydrogens is 253 g/mol. The molecule has 0 bridgehead atoms. The summed E-state index contributed by atoms with van der Waals surface area (Å²) in [7, 11) is 1.42. The van der Waals surface area contributed by atoms with Crippen LogP contribution in [0, 0.1) is 0 Å². The largest absolute Gasteiger partial charge is 0.497 e. The number of thiocarbonyl (C=S) groups is 1. The zero-order valence-corrected chi connectivity index (χ0v) is 9.78. The highest BCUT2D eigenvalue weighted by Gasteiger charge is 2.27. The Labute approximate surface area is 102 Å². The van der Waals surface area contributed by atoms with Gasteiger partial charge in [0.2, 0.25) is 0 Å². The van der Waals surface area contributed by atoms with Crippen LogP contribution in [-0.2, 0) is 0 Å². The van der Waals surface area contributed by atoms with E-state index in [4.69, 9.17) is 22.7 Å². The molecule has 3 N–H and O–H groups in total. The molecule has 0 amide bonds. The number of nitrogens with two attached hydrogens (primary N) is 1. The smallest absolute Gasteiger partial charge is 0.405 e. The van der Waals surface area contributed by atoms with E-state index in [1.807, 2.05) is 0 Å². The van der Waals surface area contributed by atoms with E-state index in [-0.39, 0.29) is 10.7 Å². The van der Waals surface area contributed by atoms with Gasteiger partial charge in [-0.15, -0.1) is 0 Å². The van der Waals surface area contributed by atoms with Gasteiger partial charge >= 0.3 is 6.18 Å². The quantitative estimate of drug-likeness (QED) is 0.819. The van der Waals surface area contributed by atoms with Gasteiger partial charge in [0.05, 0.1) is 7.11 Å². The summed E-state index contributed by atoms with van der Waals surface area (Å²) in [5.41, 5.74) is 5.97. The van der Waals surface area contributed by atoms with Crippen molar-refractivity contribution in [2.24, 2.45) is 5.73 Å². The SMILES string of the molecule is COc1ccc(C(N)=S)c(NCC(F)(F)F)c1. The summed E-state index contributed by atoms with van der Waals surface area (Å²) < 4.78 is 41.2. The second-order valence-electron chi connectivity index (χ2n) is 3.24. The molecule has 0 aliphatic carbocycles. The maximum absolute atomic E-state index is 12.1. The van der Waals surface area contributed by atoms with E-state index >= 15 is 0 Å². The topological polar surface area (TPSA) is 47.3 Å². The number of anilines is 1. The maximum Gasteiger partial charge on any atom is 0.405 e. The Morgan fingerprint density at radius 1 is 1.47 bits per heavy atom. The van der Waals surface area contributed by atoms with Gasteiger partial charge in [-0.05, 0) is 12.1 Å². The molecule has 94 valence electrons. The summed E-state index contributed by atoms with van der Waals surface area (Å²) in [5.74, 6) is 0.426. The van der Waals surface area contributed by atoms with Crippen LogP contribution >= 0.6 is 12.2 Å². The van der Waals surface area contributed by atoms with Gasteiger partial charge < -0.3 is 15.8 Å². The van der Waals surface area contributed by atoms with Crippen molar-refractivity contribution in [3.8, 4) is 5.75 Å². The number of benzene rings is 1. The van der Waals surface area contributed by atoms with Crippen molar-refractivity contribution < 1.29 is 17.9 Å². The fourth-order valence-corrected chi connectivity index (χ4v) is 1.38. The maximum atomic E-state index is 12.1. The molecule has 0 saturated heterocycles. The molecule has 0 radical (unpaired) electrons. The Morgan fingerprint density at radius 3 is 2.59 bits per heavy atom. The molecule has 0 aliphatic rings. The molecule has 0 unspecified atom stereocenters. The summed E-state index contributed by atoms with van der Waals surface area (Å²) >= 11 is 4.75. The number of rotatable bonds is 4. The van der Waals surface area contributed by atoms with Gasteiger partial charge in [0.25, 0.3) is 0 Å². The molecule has 1 rings (SSSR count). The minimum atomic E-state index is -4.31. The van der Waals surface area contributed by atoms with Gasteiger partial charge in [-0.2, -0.15) is 13.2 Å². The van der Waals surface area contributed by atoms with Gasteiger partial charge in [0, 0.05) is 17.3 Å². The number of hydrogen-bond donors (Lipinski definition) is 2. The molecule has 1 aromatic rings. The molecule has 1 aromatic carbocycles. The van der Waals surface area contributed by atoms with Crippen molar-refractivity contribution in [3.05, 3.63) is 23.8 Å². The average Bonchev–Trinajstić information content (AvgIpc) is 2.24. The summed E-state index contributed by atoms with van der Waals surface area (Å²) in [5, 5.41) is 2.24. The van der Waals surface area contributed by atoms with Gasteiger partial charge in [0.1, 0.15) is 17.3 Å². The number of halogens is 3. The Kier molecular flexibility index (Phi) is 4.17. The molecule has 0 heterocycles. The third-order valence-corrected chi connectivity index (χ3v) is 2.19. The van der Waals surface area contributed by atoms with Crippen LogP contribution in [0.1, 0.15) is 5.56 Å². The molecule has 3 nitrogen and oxygen atoms in total. The normalized spacial score (nSPS) is 11.1. The summed E-state index contributed by atoms with van der Waals surface area (Å²) in [6.45, 7) is -1.16. The molecular formula is C10H11F3N2OS. The van der Waals surface area contributed by atoms with Crippen LogP contribution < -0.4 is 15.8 Å². The van der Waals surface area contributed by atoms with Crippen molar-refractivity contribution >= 4 is 22.9 Å². The fourth-order valence-electron chi connectivity index (χ4n) is 1.21. The van der Waals surface area contributed by atoms with Crippen LogP contribution in [-0.4, -0.2) is 24.8 Å². The van der Waals surface area contributed by atoms with Gasteiger partial charge in [-0.25, -0.2) is 0 Å². The lowest BCUT2D eigenvalue weighted by molar-refractivity contribution is -0.115. The first-order chi connectivity index (χ1) is 7.83. The van der Waals surface area contributed by atoms with Crippen LogP contribution in [0.15, 0.2) is 18.2 Å². The molecule has 17 heavy (non-hydrogen) atoms. The zero-order chi connectivity index (χ0) is 13.1. The fraction of sp³-hybridized carbons (Fsp3) is 0.300. The van der Waals surface area contributed by atoms with E-state index in [0.29, 0.717) is 11.3 Å². The molecule has 0 saturated carbocycles. The van der Waals surface area contributed by atoms with E-state index in [0.717, 1.165) is 0 Å². The molecule has 0 spiro atoms. The van der Waals surface area contributed by atoms with E-state index < -0.39 is 12.7 Å². The number of ether oxygens (including phenoxy) is 1. The Hall–Kier alpha value is -1.50. The van der Waals surface area contributed by atoms with Gasteiger partial charge in [-0.1, -0.05) is 12.2 Å². The second kappa shape index (κ2) is 5.22. The predicted octanol–water partition coefficient (Wildman–Crippen LogP) is 2.30. The Balaban J connectivity index is 2.97. The zero-order valence-electron chi connectivity index (χ0n) is 8.97. The Morgan fingerprint density at radius 2 is 2.12 bits per heavy atom. The number of alkyl halides is 3. The molecule has 7 heteroatoms. The summed E-state index contributed by atoms with van der Waals surface area (Å²) in [4.78, 5) is 0.0253. The van der Waals surface area contributed by atoms with Crippen LogP contribution in [0.4, 0.5) is 18.9 Å². The third kappa shape index (κ3) is 4.10. The van der Waals surface area contributed by atoms with Gasteiger partial charge in [0.15, 0.2) is 0 Å². The number of methoxy groups -OCH3 is 1. The third-order valence-electron chi connectivity index (χ3n) is 1.97. The standard InChI is InChI=1S/C10H11F3N2OS/c1-16-6-2-3-7(9(14)17)8(4-6)15-5-10(11,12)13/h2-4,15H,5H2,1H3,(H2,14,17). The predicted molar refractivity (Wildman–Crippen MR) is 63.4 cm³/mol. The van der Waals surface area contributed by atoms with Crippen molar-refractivity contribution in [1.29, 1.82) is 0 Å². The average molecular weight is 264 g/mol. The first-order valence-corrected chi connectivity index (χ1v) is 5.03. The second-order valence-corrected chi connectivity index (χ2v) is 3.68. The first-order valence-electron chi connectivity index (χ1n) is 4.62. The van der Waals surface area contributed by atoms with Crippen LogP contribution in [0.25, 0.3) is 0 Å². The van der Waals surface area contributed by atoms with E-state index in [1.54, 1.807) is 6.07 Å². The highest BCUT2D eigenvalue weighted by molar-refractivity contribution is 7.80. The van der Waals surface area contributed by atoms with Crippen LogP contribution in [0.3, 0.4) is 0 Å². The highest BCUT2D eigenvalue weighted by atomic mass is 32.1. The van der Waals surface area contributed by atoms with Crippen molar-refractivity contribution in [3.63, 3.8) is 0 Å². The van der Waals surface area contributed by atoms with Crippen molar-refractivity contribution in [2.75, 3.05) is 19.0 Å². The van der Waals surface area contributed by atoms with Crippen LogP contribution in [0.5, 0.6) is 5.75 Å². The molecule has 0 fully saturated rings. The monoisotopic (exact) mass is 264 g/mol. The number of nitrogens with one attached hydrogen (secondary N) is 1. The van der Waals surface area contributed by atoms with Crippen LogP contribution in [0.2, 0.25) is 0 Å². The number of hydrogen-bond acceptors (Lipinski definition) is 3. The van der Waals surface area contributed by atoms with Crippen molar-refractivity contribution in [1.82, 2.24) is 0 Å². The molecule has 0 aromatic heterocycles. The molecule has 0 aliphatic heterocycles. The van der Waals surface area contributed by atoms with E-state index in [9.17, 15) is 13.2 Å². The van der Waals surface area contributed by atoms with Gasteiger partial charge in [-0.3, -0.25) is 0 Å². The van der Waals surface area contributed by atoms with E-state index in [1.165, 1.54) is 19.2 Å². The Bertz CT molecular complexity index is 421. The van der Waals surface area contributed by atoms with Crippen molar-refractivity contribution in [2.45, 2.75) is 6.18 Å². The lowest BCUT2D eigenvalue weighted by Gasteiger charge is -2.14. The minimum absolute atomic E-state index is 0.0253. The lowest BCUT2D eigenvalue weighted by Crippen LogP contribution is -2.23. The first kappa shape index (κ1) is 13.6.